The highest BCUT2D eigenvalue weighted by atomic mass is 16.3. The van der Waals surface area contributed by atoms with Crippen LogP contribution in [0.15, 0.2) is 229 Å². The Hall–Kier alpha value is -7.68. The molecule has 0 atom stereocenters. The van der Waals surface area contributed by atoms with Crippen LogP contribution in [-0.4, -0.2) is 0 Å². The molecule has 0 fully saturated rings. The lowest BCUT2D eigenvalue weighted by atomic mass is 9.85. The fraction of sp³-hybridized carbons (Fsp3) is 0. The zero-order valence-corrected chi connectivity index (χ0v) is 31.7. The SMILES string of the molecule is c1ccc(-c2ccc(N(c3ccc4c(c3)c(-c3ccccc3)c(-c3ccccc3)c3ccccc34)c3ccc4oc5ccccc5c4c3)c(-c3ccccc3)c2)cc1. The quantitative estimate of drug-likeness (QED) is 0.151. The van der Waals surface area contributed by atoms with E-state index in [1.165, 1.54) is 54.9 Å². The maximum absolute atomic E-state index is 6.36. The lowest BCUT2D eigenvalue weighted by Crippen LogP contribution is -2.11. The number of anilines is 3. The molecular formula is C56H37NO. The molecule has 1 heterocycles. The largest absolute Gasteiger partial charge is 0.456 e. The van der Waals surface area contributed by atoms with Crippen molar-refractivity contribution in [2.24, 2.45) is 0 Å². The highest BCUT2D eigenvalue weighted by molar-refractivity contribution is 6.22. The molecule has 0 amide bonds. The third-order valence-electron chi connectivity index (χ3n) is 11.4. The Morgan fingerprint density at radius 3 is 1.43 bits per heavy atom. The summed E-state index contributed by atoms with van der Waals surface area (Å²) in [6.45, 7) is 0. The number of hydrogen-bond donors (Lipinski definition) is 0. The molecule has 0 aliphatic carbocycles. The van der Waals surface area contributed by atoms with Gasteiger partial charge in [-0.15, -0.1) is 0 Å². The van der Waals surface area contributed by atoms with Gasteiger partial charge in [0.15, 0.2) is 0 Å². The van der Waals surface area contributed by atoms with Gasteiger partial charge >= 0.3 is 0 Å². The monoisotopic (exact) mass is 739 g/mol. The lowest BCUT2D eigenvalue weighted by molar-refractivity contribution is 0.669. The summed E-state index contributed by atoms with van der Waals surface area (Å²) in [6.07, 6.45) is 0. The van der Waals surface area contributed by atoms with Crippen LogP contribution in [0, 0.1) is 0 Å². The highest BCUT2D eigenvalue weighted by Crippen LogP contribution is 2.49. The van der Waals surface area contributed by atoms with E-state index in [-0.39, 0.29) is 0 Å². The third-order valence-corrected chi connectivity index (χ3v) is 11.4. The van der Waals surface area contributed by atoms with Gasteiger partial charge in [0.25, 0.3) is 0 Å². The summed E-state index contributed by atoms with van der Waals surface area (Å²) in [4.78, 5) is 2.43. The number of nitrogens with zero attached hydrogens (tertiary/aromatic N) is 1. The van der Waals surface area contributed by atoms with Crippen LogP contribution in [0.2, 0.25) is 0 Å². The van der Waals surface area contributed by atoms with E-state index in [0.29, 0.717) is 0 Å². The van der Waals surface area contributed by atoms with Gasteiger partial charge in [0.05, 0.1) is 5.69 Å². The molecule has 0 unspecified atom stereocenters. The van der Waals surface area contributed by atoms with Gasteiger partial charge in [-0.05, 0) is 109 Å². The molecule has 0 saturated carbocycles. The standard InChI is InChI=1S/C56H37NO/c1-5-17-38(18-6-1)42-29-33-52(49(35-42)39-19-7-2-8-20-39)57(44-31-34-54-50(36-44)47-26-15-16-28-53(47)58-54)43-30-32-46-45-25-13-14-27-48(45)55(40-21-9-3-10-22-40)56(51(46)37-43)41-23-11-4-12-24-41/h1-37H. The van der Waals surface area contributed by atoms with Crippen molar-refractivity contribution in [2.75, 3.05) is 4.90 Å². The first kappa shape index (κ1) is 33.6. The number of fused-ring (bicyclic) bond motifs is 6. The molecule has 2 nitrogen and oxygen atoms in total. The minimum absolute atomic E-state index is 0.872. The molecule has 58 heavy (non-hydrogen) atoms. The molecule has 272 valence electrons. The van der Waals surface area contributed by atoms with Gasteiger partial charge in [-0.3, -0.25) is 0 Å². The zero-order valence-electron chi connectivity index (χ0n) is 31.7. The lowest BCUT2D eigenvalue weighted by Gasteiger charge is -2.29. The van der Waals surface area contributed by atoms with Crippen molar-refractivity contribution in [2.45, 2.75) is 0 Å². The van der Waals surface area contributed by atoms with Crippen molar-refractivity contribution in [3.8, 4) is 44.5 Å². The minimum Gasteiger partial charge on any atom is -0.456 e. The first-order valence-electron chi connectivity index (χ1n) is 19.8. The van der Waals surface area contributed by atoms with Crippen molar-refractivity contribution in [3.05, 3.63) is 224 Å². The number of hydrogen-bond acceptors (Lipinski definition) is 2. The van der Waals surface area contributed by atoms with Crippen molar-refractivity contribution < 1.29 is 4.42 Å². The van der Waals surface area contributed by atoms with E-state index in [4.69, 9.17) is 4.42 Å². The maximum atomic E-state index is 6.36. The van der Waals surface area contributed by atoms with Gasteiger partial charge in [-0.2, -0.15) is 0 Å². The molecule has 10 aromatic carbocycles. The number of para-hydroxylation sites is 1. The predicted octanol–water partition coefficient (Wildman–Crippen LogP) is 16.0. The van der Waals surface area contributed by atoms with Crippen LogP contribution < -0.4 is 4.90 Å². The van der Waals surface area contributed by atoms with E-state index in [2.05, 4.69) is 217 Å². The summed E-state index contributed by atoms with van der Waals surface area (Å²) in [6, 6.07) is 80.8. The van der Waals surface area contributed by atoms with E-state index >= 15 is 0 Å². The van der Waals surface area contributed by atoms with Crippen LogP contribution in [0.1, 0.15) is 0 Å². The Labute approximate surface area is 337 Å². The van der Waals surface area contributed by atoms with Crippen LogP contribution in [0.3, 0.4) is 0 Å². The van der Waals surface area contributed by atoms with Crippen molar-refractivity contribution in [3.63, 3.8) is 0 Å². The predicted molar refractivity (Wildman–Crippen MR) is 245 cm³/mol. The second-order valence-corrected chi connectivity index (χ2v) is 14.8. The molecule has 0 bridgehead atoms. The Balaban J connectivity index is 1.24. The van der Waals surface area contributed by atoms with Crippen molar-refractivity contribution in [1.29, 1.82) is 0 Å². The van der Waals surface area contributed by atoms with E-state index < -0.39 is 0 Å². The summed E-state index contributed by atoms with van der Waals surface area (Å²) < 4.78 is 6.36. The Bertz CT molecular complexity index is 3260. The van der Waals surface area contributed by atoms with Gasteiger partial charge in [0.2, 0.25) is 0 Å². The number of rotatable bonds is 7. The van der Waals surface area contributed by atoms with E-state index in [0.717, 1.165) is 50.1 Å². The summed E-state index contributed by atoms with van der Waals surface area (Å²) in [5.74, 6) is 0. The van der Waals surface area contributed by atoms with Crippen LogP contribution in [0.5, 0.6) is 0 Å². The van der Waals surface area contributed by atoms with Crippen molar-refractivity contribution >= 4 is 60.5 Å². The Morgan fingerprint density at radius 1 is 0.276 bits per heavy atom. The van der Waals surface area contributed by atoms with Crippen LogP contribution in [-0.2, 0) is 0 Å². The van der Waals surface area contributed by atoms with E-state index in [1.807, 2.05) is 12.1 Å². The Kier molecular flexibility index (Phi) is 8.19. The second kappa shape index (κ2) is 14.1. The smallest absolute Gasteiger partial charge is 0.135 e. The molecule has 2 heteroatoms. The first-order chi connectivity index (χ1) is 28.8. The molecule has 0 aliphatic rings. The van der Waals surface area contributed by atoms with Crippen LogP contribution >= 0.6 is 0 Å². The number of benzene rings is 10. The summed E-state index contributed by atoms with van der Waals surface area (Å²) >= 11 is 0. The van der Waals surface area contributed by atoms with E-state index in [9.17, 15) is 0 Å². The molecule has 0 aliphatic heterocycles. The molecule has 0 spiro atoms. The number of furan rings is 1. The first-order valence-corrected chi connectivity index (χ1v) is 19.8. The van der Waals surface area contributed by atoms with Gasteiger partial charge in [0, 0.05) is 27.7 Å². The van der Waals surface area contributed by atoms with Crippen molar-refractivity contribution in [1.82, 2.24) is 0 Å². The summed E-state index contributed by atoms with van der Waals surface area (Å²) in [7, 11) is 0. The van der Waals surface area contributed by atoms with Gasteiger partial charge in [0.1, 0.15) is 11.2 Å². The average Bonchev–Trinajstić information content (AvgIpc) is 3.68. The zero-order chi connectivity index (χ0) is 38.4. The minimum atomic E-state index is 0.872. The molecule has 11 rings (SSSR count). The van der Waals surface area contributed by atoms with Gasteiger partial charge in [-0.1, -0.05) is 176 Å². The molecular weight excluding hydrogens is 703 g/mol. The molecule has 0 radical (unpaired) electrons. The molecule has 1 aromatic heterocycles. The Morgan fingerprint density at radius 2 is 0.759 bits per heavy atom. The molecule has 11 aromatic rings. The highest BCUT2D eigenvalue weighted by Gasteiger charge is 2.23. The molecule has 0 N–H and O–H groups in total. The summed E-state index contributed by atoms with van der Waals surface area (Å²) in [5.41, 5.74) is 14.4. The van der Waals surface area contributed by atoms with Gasteiger partial charge in [-0.25, -0.2) is 0 Å². The molecule has 0 saturated heterocycles. The van der Waals surface area contributed by atoms with Gasteiger partial charge < -0.3 is 9.32 Å². The van der Waals surface area contributed by atoms with E-state index in [1.54, 1.807) is 0 Å². The second-order valence-electron chi connectivity index (χ2n) is 14.8. The maximum Gasteiger partial charge on any atom is 0.135 e. The third kappa shape index (κ3) is 5.74. The van der Waals surface area contributed by atoms with Crippen LogP contribution in [0.4, 0.5) is 17.1 Å². The average molecular weight is 740 g/mol. The normalized spacial score (nSPS) is 11.4. The van der Waals surface area contributed by atoms with Crippen LogP contribution in [0.25, 0.3) is 88.0 Å². The topological polar surface area (TPSA) is 16.4 Å². The fourth-order valence-electron chi connectivity index (χ4n) is 8.80. The fourth-order valence-corrected chi connectivity index (χ4v) is 8.80. The summed E-state index contributed by atoms with van der Waals surface area (Å²) in [5, 5.41) is 7.08.